The molecule has 0 spiro atoms. The third-order valence-corrected chi connectivity index (χ3v) is 14.0. The number of hydrogen-bond donors (Lipinski definition) is 5. The molecule has 9 rings (SSSR count). The molecule has 5 N–H and O–H groups in total. The van der Waals surface area contributed by atoms with E-state index in [1.54, 1.807) is 5.01 Å². The fourth-order valence-corrected chi connectivity index (χ4v) is 10.7. The topological polar surface area (TPSA) is 186 Å². The number of rotatable bonds is 10. The first-order valence-corrected chi connectivity index (χ1v) is 21.7. The van der Waals surface area contributed by atoms with Crippen molar-refractivity contribution in [2.45, 2.75) is 109 Å². The monoisotopic (exact) mass is 821 g/mol. The summed E-state index contributed by atoms with van der Waals surface area (Å²) in [7, 11) is 1.30. The molecule has 5 heterocycles. The van der Waals surface area contributed by atoms with Crippen molar-refractivity contribution in [3.05, 3.63) is 70.6 Å². The van der Waals surface area contributed by atoms with E-state index in [4.69, 9.17) is 19.4 Å². The second-order valence-electron chi connectivity index (χ2n) is 17.7. The molecule has 5 unspecified atom stereocenters. The second kappa shape index (κ2) is 16.1. The fraction of sp³-hybridized carbons (Fsp3) is 0.533. The predicted molar refractivity (Wildman–Crippen MR) is 221 cm³/mol. The van der Waals surface area contributed by atoms with Crippen molar-refractivity contribution in [3.8, 4) is 33.6 Å². The minimum atomic E-state index is -1.26. The van der Waals surface area contributed by atoms with E-state index in [1.807, 2.05) is 38.1 Å². The Labute approximate surface area is 350 Å². The first-order chi connectivity index (χ1) is 29.0. The van der Waals surface area contributed by atoms with Crippen LogP contribution in [0.4, 0.5) is 9.59 Å². The van der Waals surface area contributed by atoms with E-state index >= 15 is 0 Å². The molecule has 0 bridgehead atoms. The van der Waals surface area contributed by atoms with Crippen LogP contribution in [0.5, 0.6) is 0 Å². The number of alkyl carbamates (subject to hydrolysis) is 1. The van der Waals surface area contributed by atoms with Gasteiger partial charge in [0.1, 0.15) is 23.7 Å². The molecule has 2 aromatic heterocycles. The molecule has 15 heteroatoms. The van der Waals surface area contributed by atoms with E-state index in [0.29, 0.717) is 38.5 Å². The lowest BCUT2D eigenvalue weighted by Gasteiger charge is -2.42. The van der Waals surface area contributed by atoms with Crippen LogP contribution in [0.2, 0.25) is 0 Å². The van der Waals surface area contributed by atoms with Crippen LogP contribution in [0, 0.1) is 11.8 Å². The highest BCUT2D eigenvalue weighted by molar-refractivity contribution is 5.87. The molecule has 0 radical (unpaired) electrons. The molecule has 5 aliphatic rings. The van der Waals surface area contributed by atoms with Crippen molar-refractivity contribution in [2.24, 2.45) is 11.8 Å². The van der Waals surface area contributed by atoms with E-state index in [0.717, 1.165) is 86.1 Å². The molecule has 3 amide bonds. The fourth-order valence-electron chi connectivity index (χ4n) is 10.7. The molecule has 2 aromatic carbocycles. The Kier molecular flexibility index (Phi) is 10.8. The number of carbonyl (C=O) groups is 3. The zero-order valence-electron chi connectivity index (χ0n) is 35.0. The number of aromatic amines is 2. The summed E-state index contributed by atoms with van der Waals surface area (Å²) in [5.74, 6) is 1.24. The summed E-state index contributed by atoms with van der Waals surface area (Å²) in [6.07, 6.45) is 10.0. The van der Waals surface area contributed by atoms with E-state index in [2.05, 4.69) is 39.6 Å². The van der Waals surface area contributed by atoms with Gasteiger partial charge in [-0.05, 0) is 139 Å². The number of methoxy groups -OCH3 is 1. The van der Waals surface area contributed by atoms with Gasteiger partial charge in [0, 0.05) is 36.8 Å². The van der Waals surface area contributed by atoms with Gasteiger partial charge >= 0.3 is 12.2 Å². The number of imidazole rings is 2. The van der Waals surface area contributed by atoms with E-state index < -0.39 is 29.0 Å². The third-order valence-electron chi connectivity index (χ3n) is 14.0. The Morgan fingerprint density at radius 3 is 1.85 bits per heavy atom. The number of nitrogens with zero attached hydrogens (tertiary/aromatic N) is 5. The normalized spacial score (nSPS) is 22.3. The first kappa shape index (κ1) is 40.3. The number of quaternary nitrogens is 1. The smallest absolute Gasteiger partial charge is 0.453 e. The van der Waals surface area contributed by atoms with Crippen LogP contribution in [0.15, 0.2) is 36.7 Å². The molecule has 3 fully saturated rings. The number of amides is 3. The summed E-state index contributed by atoms with van der Waals surface area (Å²) in [5, 5.41) is 26.8. The minimum Gasteiger partial charge on any atom is -0.453 e. The van der Waals surface area contributed by atoms with E-state index in [-0.39, 0.29) is 29.8 Å². The summed E-state index contributed by atoms with van der Waals surface area (Å²) in [6.45, 7) is 7.89. The Morgan fingerprint density at radius 2 is 1.33 bits per heavy atom. The largest absolute Gasteiger partial charge is 0.568 e. The van der Waals surface area contributed by atoms with Crippen LogP contribution in [0.1, 0.15) is 105 Å². The number of hydrogen-bond acceptors (Lipinski definition) is 9. The molecule has 3 saturated heterocycles. The van der Waals surface area contributed by atoms with Crippen LogP contribution in [-0.2, 0) is 40.0 Å². The first-order valence-electron chi connectivity index (χ1n) is 21.7. The number of H-pyrrole nitrogens is 2. The Hall–Kier alpha value is -5.09. The number of aromatic nitrogens is 4. The van der Waals surface area contributed by atoms with Crippen LogP contribution < -0.4 is 5.32 Å². The lowest BCUT2D eigenvalue weighted by atomic mass is 9.74. The Bertz CT molecular complexity index is 2250. The van der Waals surface area contributed by atoms with Crippen molar-refractivity contribution in [2.75, 3.05) is 33.4 Å². The number of benzene rings is 2. The van der Waals surface area contributed by atoms with Crippen LogP contribution in [0.3, 0.4) is 0 Å². The zero-order valence-corrected chi connectivity index (χ0v) is 35.0. The summed E-state index contributed by atoms with van der Waals surface area (Å²) in [6, 6.07) is 7.38. The van der Waals surface area contributed by atoms with E-state index in [9.17, 15) is 24.7 Å². The number of ether oxygens (including phenoxy) is 2. The van der Waals surface area contributed by atoms with Crippen LogP contribution in [-0.4, -0.2) is 109 Å². The summed E-state index contributed by atoms with van der Waals surface area (Å²) in [5.41, 5.74) is 12.0. The maximum Gasteiger partial charge on any atom is 0.568 e. The molecule has 3 aliphatic heterocycles. The third kappa shape index (κ3) is 6.98. The molecule has 15 nitrogen and oxygen atoms in total. The van der Waals surface area contributed by atoms with Crippen LogP contribution >= 0.6 is 0 Å². The SMILES string of the molecule is COC(=O)NC(C(=O)N1CCCC1c1ncc(-c2cc3c4c(c2)CCc2cc(-c5cnc(C6CCCN6[N+](O)(C(=O)O)C(C)C6CCOCC6)[nH]5)cc(c2-4)CC3)[nH]1)C(C)C. The van der Waals surface area contributed by atoms with Gasteiger partial charge in [0.15, 0.2) is 6.04 Å². The molecule has 5 atom stereocenters. The van der Waals surface area contributed by atoms with Gasteiger partial charge in [-0.2, -0.15) is 10.0 Å². The lowest BCUT2D eigenvalue weighted by Crippen LogP contribution is -2.67. The number of aryl methyl sites for hydroxylation is 4. The number of likely N-dealkylation sites (tertiary alicyclic amines) is 1. The maximum absolute atomic E-state index is 13.7. The highest BCUT2D eigenvalue weighted by Gasteiger charge is 2.56. The average molecular weight is 822 g/mol. The standard InChI is InChI=1S/C45H56N8O7/c1-25(2)40(50-44(55)59-4)43(54)51-15-5-7-36(51)41-46-23-34(48-41)32-19-28-9-11-30-21-33(22-31-12-10-29(20-32)38(28)39(30)31)35-24-47-42(49-35)37-8-6-16-52(37)53(58,45(56)57)26(3)27-13-17-60-18-14-27/h19-27,36-37,40,58H,5-18H2,1-4H3,(H3-,46,47,48,49,50,55,56,57)/p+1. The zero-order chi connectivity index (χ0) is 41.9. The molecule has 4 aromatic rings. The highest BCUT2D eigenvalue weighted by atomic mass is 16.7. The number of nitrogens with one attached hydrogen (secondary N) is 3. The van der Waals surface area contributed by atoms with Gasteiger partial charge in [-0.25, -0.2) is 14.8 Å². The van der Waals surface area contributed by atoms with Crippen LogP contribution in [0.25, 0.3) is 33.6 Å². The van der Waals surface area contributed by atoms with Crippen molar-refractivity contribution >= 4 is 18.1 Å². The maximum atomic E-state index is 13.7. The molecule has 60 heavy (non-hydrogen) atoms. The molecular weight excluding hydrogens is 765 g/mol. The van der Waals surface area contributed by atoms with Gasteiger partial charge in [0.25, 0.3) is 0 Å². The average Bonchev–Trinajstić information content (AvgIpc) is 4.11. The van der Waals surface area contributed by atoms with Gasteiger partial charge in [-0.3, -0.25) is 4.79 Å². The highest BCUT2D eigenvalue weighted by Crippen LogP contribution is 2.46. The van der Waals surface area contributed by atoms with Crippen molar-refractivity contribution in [3.63, 3.8) is 0 Å². The predicted octanol–water partition coefficient (Wildman–Crippen LogP) is 7.13. The van der Waals surface area contributed by atoms with E-state index in [1.165, 1.54) is 40.5 Å². The second-order valence-corrected chi connectivity index (χ2v) is 17.7. The summed E-state index contributed by atoms with van der Waals surface area (Å²) < 4.78 is 9.19. The van der Waals surface area contributed by atoms with Gasteiger partial charge in [0.05, 0.1) is 43.5 Å². The number of carboxylic acid groups (broad SMARTS) is 1. The molecular formula is C45H57N8O7+. The minimum absolute atomic E-state index is 0.0331. The molecule has 2 aliphatic carbocycles. The molecule has 318 valence electrons. The van der Waals surface area contributed by atoms with Gasteiger partial charge in [-0.1, -0.05) is 13.8 Å². The van der Waals surface area contributed by atoms with Gasteiger partial charge in [-0.15, -0.1) is 5.01 Å². The number of hydroxylamine groups is 2. The lowest BCUT2D eigenvalue weighted by molar-refractivity contribution is -1.15. The van der Waals surface area contributed by atoms with Gasteiger partial charge < -0.3 is 34.8 Å². The molecule has 0 saturated carbocycles. The Morgan fingerprint density at radius 1 is 0.817 bits per heavy atom. The number of carbonyl (C=O) groups excluding carboxylic acids is 2. The quantitative estimate of drug-likeness (QED) is 0.0627. The summed E-state index contributed by atoms with van der Waals surface area (Å²) in [4.78, 5) is 57.2. The van der Waals surface area contributed by atoms with Crippen molar-refractivity contribution < 1.29 is 38.9 Å². The van der Waals surface area contributed by atoms with Crippen molar-refractivity contribution in [1.82, 2.24) is 35.2 Å². The van der Waals surface area contributed by atoms with Gasteiger partial charge in [0.2, 0.25) is 5.91 Å². The van der Waals surface area contributed by atoms with Crippen molar-refractivity contribution in [1.29, 1.82) is 0 Å². The summed E-state index contributed by atoms with van der Waals surface area (Å²) >= 11 is 0. The Balaban J connectivity index is 0.949.